The zero-order chi connectivity index (χ0) is 21.4. The lowest BCUT2D eigenvalue weighted by Gasteiger charge is -2.21. The second kappa shape index (κ2) is 10.5. The van der Waals surface area contributed by atoms with E-state index in [0.29, 0.717) is 29.7 Å². The first-order valence-corrected chi connectivity index (χ1v) is 10.2. The molecule has 2 aromatic rings. The summed E-state index contributed by atoms with van der Waals surface area (Å²) in [6.07, 6.45) is 0. The van der Waals surface area contributed by atoms with Crippen molar-refractivity contribution in [3.05, 3.63) is 58.1 Å². The molecule has 2 N–H and O–H groups in total. The van der Waals surface area contributed by atoms with Crippen molar-refractivity contribution in [3.8, 4) is 11.5 Å². The molecule has 2 aromatic carbocycles. The molecule has 0 aliphatic heterocycles. The number of halogens is 1. The van der Waals surface area contributed by atoms with Crippen molar-refractivity contribution in [1.82, 2.24) is 10.6 Å². The minimum Gasteiger partial charge on any atom is -0.490 e. The molecular formula is C23H31ClN2O3. The number of amides is 1. The summed E-state index contributed by atoms with van der Waals surface area (Å²) in [5.41, 5.74) is 3.05. The van der Waals surface area contributed by atoms with E-state index < -0.39 is 0 Å². The zero-order valence-electron chi connectivity index (χ0n) is 17.9. The summed E-state index contributed by atoms with van der Waals surface area (Å²) in [5, 5.41) is 6.83. The zero-order valence-corrected chi connectivity index (χ0v) is 18.7. The monoisotopic (exact) mass is 418 g/mol. The van der Waals surface area contributed by atoms with Gasteiger partial charge in [-0.15, -0.1) is 0 Å². The molecule has 158 valence electrons. The Hall–Kier alpha value is -2.24. The minimum absolute atomic E-state index is 0.0985. The van der Waals surface area contributed by atoms with Gasteiger partial charge in [0, 0.05) is 29.7 Å². The van der Waals surface area contributed by atoms with Gasteiger partial charge in [0.1, 0.15) is 0 Å². The molecule has 29 heavy (non-hydrogen) atoms. The maximum Gasteiger partial charge on any atom is 0.258 e. The van der Waals surface area contributed by atoms with E-state index in [1.165, 1.54) is 11.1 Å². The second-order valence-electron chi connectivity index (χ2n) is 8.00. The number of ether oxygens (including phenoxy) is 2. The maximum absolute atomic E-state index is 12.0. The fraction of sp³-hybridized carbons (Fsp3) is 0.435. The highest BCUT2D eigenvalue weighted by Crippen LogP contribution is 2.33. The van der Waals surface area contributed by atoms with Crippen LogP contribution in [0.25, 0.3) is 0 Å². The number of carbonyl (C=O) groups excluding carboxylic acids is 1. The van der Waals surface area contributed by atoms with Gasteiger partial charge in [0.05, 0.1) is 6.61 Å². The van der Waals surface area contributed by atoms with E-state index in [9.17, 15) is 4.79 Å². The first kappa shape index (κ1) is 23.0. The Morgan fingerprint density at radius 3 is 2.31 bits per heavy atom. The smallest absolute Gasteiger partial charge is 0.258 e. The minimum atomic E-state index is -0.312. The number of hydrogen-bond acceptors (Lipinski definition) is 4. The third-order valence-corrected chi connectivity index (χ3v) is 4.40. The lowest BCUT2D eigenvalue weighted by Crippen LogP contribution is -2.43. The number of nitrogens with one attached hydrogen (secondary N) is 2. The standard InChI is InChI=1S/C23H31ClN2O3/c1-6-28-20-11-18(14-25-13-17-9-7-16(2)8-10-17)19(24)12-21(20)29-15-22(27)26-23(3,4)5/h7-12,25H,6,13-15H2,1-5H3,(H,26,27). The van der Waals surface area contributed by atoms with Gasteiger partial charge >= 0.3 is 0 Å². The Morgan fingerprint density at radius 2 is 1.69 bits per heavy atom. The molecule has 0 radical (unpaired) electrons. The molecule has 0 aliphatic carbocycles. The van der Waals surface area contributed by atoms with Crippen LogP contribution in [0.2, 0.25) is 5.02 Å². The Morgan fingerprint density at radius 1 is 1.03 bits per heavy atom. The topological polar surface area (TPSA) is 59.6 Å². The van der Waals surface area contributed by atoms with Gasteiger partial charge in [0.2, 0.25) is 0 Å². The summed E-state index contributed by atoms with van der Waals surface area (Å²) in [5.74, 6) is 0.843. The summed E-state index contributed by atoms with van der Waals surface area (Å²) in [6.45, 7) is 11.5. The number of hydrogen-bond donors (Lipinski definition) is 2. The van der Waals surface area contributed by atoms with Crippen molar-refractivity contribution in [3.63, 3.8) is 0 Å². The third kappa shape index (κ3) is 7.95. The molecule has 0 fully saturated rings. The molecule has 0 bridgehead atoms. The Bertz CT molecular complexity index is 814. The van der Waals surface area contributed by atoms with Crippen LogP contribution in [0.15, 0.2) is 36.4 Å². The molecule has 0 aromatic heterocycles. The molecule has 2 rings (SSSR count). The van der Waals surface area contributed by atoms with Crippen LogP contribution in [-0.4, -0.2) is 24.7 Å². The van der Waals surface area contributed by atoms with Crippen LogP contribution in [-0.2, 0) is 17.9 Å². The second-order valence-corrected chi connectivity index (χ2v) is 8.41. The molecule has 0 spiro atoms. The van der Waals surface area contributed by atoms with Crippen LogP contribution >= 0.6 is 11.6 Å². The normalized spacial score (nSPS) is 11.2. The number of aryl methyl sites for hydroxylation is 1. The molecule has 0 aliphatic rings. The van der Waals surface area contributed by atoms with Crippen molar-refractivity contribution in [2.45, 2.75) is 53.2 Å². The Kier molecular flexibility index (Phi) is 8.35. The largest absolute Gasteiger partial charge is 0.490 e. The third-order valence-electron chi connectivity index (χ3n) is 4.05. The van der Waals surface area contributed by atoms with Gasteiger partial charge in [-0.3, -0.25) is 4.79 Å². The van der Waals surface area contributed by atoms with Crippen LogP contribution in [0, 0.1) is 6.92 Å². The average Bonchev–Trinajstić information content (AvgIpc) is 2.63. The van der Waals surface area contributed by atoms with E-state index in [-0.39, 0.29) is 18.1 Å². The highest BCUT2D eigenvalue weighted by molar-refractivity contribution is 6.31. The van der Waals surface area contributed by atoms with Crippen LogP contribution < -0.4 is 20.1 Å². The first-order chi connectivity index (χ1) is 13.7. The average molecular weight is 419 g/mol. The first-order valence-electron chi connectivity index (χ1n) is 9.83. The van der Waals surface area contributed by atoms with Gasteiger partial charge < -0.3 is 20.1 Å². The lowest BCUT2D eigenvalue weighted by atomic mass is 10.1. The van der Waals surface area contributed by atoms with Gasteiger partial charge in [-0.25, -0.2) is 0 Å². The van der Waals surface area contributed by atoms with E-state index in [0.717, 1.165) is 12.1 Å². The van der Waals surface area contributed by atoms with E-state index >= 15 is 0 Å². The summed E-state index contributed by atoms with van der Waals surface area (Å²) >= 11 is 6.45. The molecule has 0 saturated carbocycles. The van der Waals surface area contributed by atoms with Crippen molar-refractivity contribution >= 4 is 17.5 Å². The molecule has 0 unspecified atom stereocenters. The van der Waals surface area contributed by atoms with Crippen molar-refractivity contribution < 1.29 is 14.3 Å². The summed E-state index contributed by atoms with van der Waals surface area (Å²) in [4.78, 5) is 12.0. The highest BCUT2D eigenvalue weighted by atomic mass is 35.5. The van der Waals surface area contributed by atoms with Crippen molar-refractivity contribution in [2.24, 2.45) is 0 Å². The van der Waals surface area contributed by atoms with Crippen LogP contribution in [0.3, 0.4) is 0 Å². The quantitative estimate of drug-likeness (QED) is 0.623. The van der Waals surface area contributed by atoms with E-state index in [1.54, 1.807) is 6.07 Å². The SMILES string of the molecule is CCOc1cc(CNCc2ccc(C)cc2)c(Cl)cc1OCC(=O)NC(C)(C)C. The molecule has 0 heterocycles. The van der Waals surface area contributed by atoms with Gasteiger partial charge in [-0.1, -0.05) is 41.4 Å². The number of carbonyl (C=O) groups is 1. The predicted molar refractivity (Wildman–Crippen MR) is 118 cm³/mol. The molecule has 1 amide bonds. The lowest BCUT2D eigenvalue weighted by molar-refractivity contribution is -0.124. The van der Waals surface area contributed by atoms with Crippen LogP contribution in [0.1, 0.15) is 44.4 Å². The fourth-order valence-corrected chi connectivity index (χ4v) is 2.96. The summed E-state index contributed by atoms with van der Waals surface area (Å²) in [7, 11) is 0. The van der Waals surface area contributed by atoms with Crippen molar-refractivity contribution in [2.75, 3.05) is 13.2 Å². The van der Waals surface area contributed by atoms with Crippen molar-refractivity contribution in [1.29, 1.82) is 0 Å². The predicted octanol–water partition coefficient (Wildman–Crippen LogP) is 4.63. The van der Waals surface area contributed by atoms with Gasteiger partial charge in [0.15, 0.2) is 18.1 Å². The summed E-state index contributed by atoms with van der Waals surface area (Å²) < 4.78 is 11.4. The van der Waals surface area contributed by atoms with E-state index in [4.69, 9.17) is 21.1 Å². The molecule has 0 saturated heterocycles. The number of benzene rings is 2. The Labute approximate surface area is 178 Å². The van der Waals surface area contributed by atoms with Gasteiger partial charge in [-0.2, -0.15) is 0 Å². The van der Waals surface area contributed by atoms with E-state index in [2.05, 4.69) is 41.8 Å². The van der Waals surface area contributed by atoms with Crippen LogP contribution in [0.5, 0.6) is 11.5 Å². The highest BCUT2D eigenvalue weighted by Gasteiger charge is 2.16. The maximum atomic E-state index is 12.0. The number of rotatable bonds is 9. The Balaban J connectivity index is 2.02. The molecular weight excluding hydrogens is 388 g/mol. The fourth-order valence-electron chi connectivity index (χ4n) is 2.74. The van der Waals surface area contributed by atoms with E-state index in [1.807, 2.05) is 33.8 Å². The molecule has 6 heteroatoms. The van der Waals surface area contributed by atoms with Crippen LogP contribution in [0.4, 0.5) is 0 Å². The molecule has 5 nitrogen and oxygen atoms in total. The van der Waals surface area contributed by atoms with Gasteiger partial charge in [0.25, 0.3) is 5.91 Å². The molecule has 0 atom stereocenters. The summed E-state index contributed by atoms with van der Waals surface area (Å²) in [6, 6.07) is 12.0. The van der Waals surface area contributed by atoms with Gasteiger partial charge in [-0.05, 0) is 51.8 Å².